The molecule has 0 saturated carbocycles. The zero-order valence-electron chi connectivity index (χ0n) is 19.5. The molecule has 0 aliphatic carbocycles. The number of likely N-dealkylation sites (tertiary alicyclic amines) is 1. The van der Waals surface area contributed by atoms with Crippen molar-refractivity contribution < 1.29 is 6.22 Å². The van der Waals surface area contributed by atoms with E-state index in [-0.39, 0.29) is 13.3 Å². The van der Waals surface area contributed by atoms with E-state index in [1.54, 1.807) is 11.8 Å². The molecule has 0 spiro atoms. The predicted molar refractivity (Wildman–Crippen MR) is 128 cm³/mol. The fourth-order valence-electron chi connectivity index (χ4n) is 4.25. The van der Waals surface area contributed by atoms with Crippen LogP contribution >= 0.6 is 11.8 Å². The molecule has 2 heterocycles. The molecule has 2 atom stereocenters. The molecule has 2 aliphatic heterocycles. The molecular formula is C22H45N5OS. The van der Waals surface area contributed by atoms with Gasteiger partial charge in [0.1, 0.15) is 0 Å². The molecule has 2 saturated heterocycles. The number of nitrogens with one attached hydrogen (secondary N) is 1. The molecule has 0 aromatic rings. The Morgan fingerprint density at radius 3 is 2.41 bits per heavy atom. The molecule has 1 N–H and O–H groups in total. The Bertz CT molecular complexity index is 538. The smallest absolute Gasteiger partial charge is 0.225 e. The SMILES string of the molecule is CCN1CCC[C@H]1CN=C(NC(CN1CCN(C(=O)C(C)C)CC1)C(C)C)SC.[HH]. The average Bonchev–Trinajstić information content (AvgIpc) is 3.17. The molecule has 1 unspecified atom stereocenters. The number of hydrogen-bond acceptors (Lipinski definition) is 5. The van der Waals surface area contributed by atoms with Crippen molar-refractivity contribution in [3.05, 3.63) is 0 Å². The van der Waals surface area contributed by atoms with Gasteiger partial charge in [0.05, 0.1) is 6.54 Å². The van der Waals surface area contributed by atoms with Gasteiger partial charge in [-0.25, -0.2) is 0 Å². The van der Waals surface area contributed by atoms with Crippen LogP contribution in [0.4, 0.5) is 0 Å². The van der Waals surface area contributed by atoms with Crippen LogP contribution in [0.3, 0.4) is 0 Å². The van der Waals surface area contributed by atoms with Gasteiger partial charge in [0.15, 0.2) is 5.17 Å². The predicted octanol–water partition coefficient (Wildman–Crippen LogP) is 2.85. The monoisotopic (exact) mass is 427 g/mol. The topological polar surface area (TPSA) is 51.2 Å². The number of hydrogen-bond donors (Lipinski definition) is 1. The van der Waals surface area contributed by atoms with Gasteiger partial charge in [-0.2, -0.15) is 0 Å². The first-order chi connectivity index (χ1) is 13.8. The lowest BCUT2D eigenvalue weighted by molar-refractivity contribution is -0.136. The van der Waals surface area contributed by atoms with E-state index < -0.39 is 0 Å². The number of carbonyl (C=O) groups excluding carboxylic acids is 1. The number of likely N-dealkylation sites (N-methyl/N-ethyl adjacent to an activating group) is 1. The first kappa shape index (κ1) is 24.5. The summed E-state index contributed by atoms with van der Waals surface area (Å²) >= 11 is 1.73. The molecule has 29 heavy (non-hydrogen) atoms. The third-order valence-electron chi connectivity index (χ3n) is 6.29. The fourth-order valence-corrected chi connectivity index (χ4v) is 4.72. The van der Waals surface area contributed by atoms with Crippen LogP contribution in [0.2, 0.25) is 0 Å². The number of amides is 1. The number of carbonyl (C=O) groups is 1. The number of piperazine rings is 1. The Morgan fingerprint density at radius 2 is 1.86 bits per heavy atom. The largest absolute Gasteiger partial charge is 0.361 e. The standard InChI is InChI=1S/C22H43N5OS.H2/c1-7-26-10-8-9-19(26)15-23-22(29-6)24-20(17(2)3)16-25-11-13-27(14-12-25)21(28)18(4)5;/h17-20H,7-16H2,1-6H3,(H,23,24);1H/t19-,20?;/m0./s1. The number of nitrogens with zero attached hydrogens (tertiary/aromatic N) is 4. The van der Waals surface area contributed by atoms with Crippen molar-refractivity contribution in [3.63, 3.8) is 0 Å². The third kappa shape index (κ3) is 7.44. The Kier molecular flexibility index (Phi) is 10.3. The molecule has 2 aliphatic rings. The van der Waals surface area contributed by atoms with Crippen molar-refractivity contribution in [1.29, 1.82) is 0 Å². The molecule has 0 radical (unpaired) electrons. The van der Waals surface area contributed by atoms with Crippen LogP contribution < -0.4 is 5.32 Å². The Hall–Kier alpha value is -0.790. The molecule has 7 heteroatoms. The highest BCUT2D eigenvalue weighted by molar-refractivity contribution is 8.13. The van der Waals surface area contributed by atoms with Crippen LogP contribution in [0.1, 0.15) is 48.9 Å². The van der Waals surface area contributed by atoms with E-state index in [0.717, 1.165) is 51.0 Å². The van der Waals surface area contributed by atoms with Crippen LogP contribution in [-0.2, 0) is 4.79 Å². The summed E-state index contributed by atoms with van der Waals surface area (Å²) in [6.45, 7) is 18.7. The van der Waals surface area contributed by atoms with E-state index >= 15 is 0 Å². The van der Waals surface area contributed by atoms with Crippen LogP contribution in [0.15, 0.2) is 4.99 Å². The van der Waals surface area contributed by atoms with E-state index in [9.17, 15) is 4.79 Å². The van der Waals surface area contributed by atoms with E-state index in [1.165, 1.54) is 19.4 Å². The lowest BCUT2D eigenvalue weighted by Crippen LogP contribution is -2.54. The number of aliphatic imine (C=N–C) groups is 1. The van der Waals surface area contributed by atoms with Gasteiger partial charge in [0, 0.05) is 52.2 Å². The van der Waals surface area contributed by atoms with Gasteiger partial charge in [-0.05, 0) is 38.1 Å². The number of rotatable bonds is 8. The summed E-state index contributed by atoms with van der Waals surface area (Å²) in [4.78, 5) is 24.2. The maximum absolute atomic E-state index is 12.2. The second-order valence-electron chi connectivity index (χ2n) is 9.05. The minimum Gasteiger partial charge on any atom is -0.361 e. The first-order valence-electron chi connectivity index (χ1n) is 11.5. The summed E-state index contributed by atoms with van der Waals surface area (Å²) in [5.41, 5.74) is 0. The zero-order valence-corrected chi connectivity index (χ0v) is 20.3. The van der Waals surface area contributed by atoms with Crippen molar-refractivity contribution in [2.45, 2.75) is 59.5 Å². The van der Waals surface area contributed by atoms with Gasteiger partial charge in [-0.3, -0.25) is 19.6 Å². The van der Waals surface area contributed by atoms with Gasteiger partial charge < -0.3 is 10.2 Å². The van der Waals surface area contributed by atoms with Crippen molar-refractivity contribution in [2.24, 2.45) is 16.8 Å². The van der Waals surface area contributed by atoms with Crippen molar-refractivity contribution >= 4 is 22.8 Å². The maximum Gasteiger partial charge on any atom is 0.225 e. The normalized spacial score (nSPS) is 23.2. The fraction of sp³-hybridized carbons (Fsp3) is 0.909. The van der Waals surface area contributed by atoms with Crippen LogP contribution in [0.5, 0.6) is 0 Å². The molecular weight excluding hydrogens is 382 g/mol. The minimum absolute atomic E-state index is 0. The maximum atomic E-state index is 12.2. The second-order valence-corrected chi connectivity index (χ2v) is 9.84. The lowest BCUT2D eigenvalue weighted by atomic mass is 10.0. The number of amidine groups is 1. The van der Waals surface area contributed by atoms with Gasteiger partial charge in [0.2, 0.25) is 5.91 Å². The lowest BCUT2D eigenvalue weighted by Gasteiger charge is -2.38. The van der Waals surface area contributed by atoms with E-state index in [2.05, 4.69) is 42.1 Å². The second kappa shape index (κ2) is 12.2. The molecule has 0 bridgehead atoms. The van der Waals surface area contributed by atoms with E-state index in [0.29, 0.717) is 18.0 Å². The molecule has 1 amide bonds. The molecule has 170 valence electrons. The highest BCUT2D eigenvalue weighted by Gasteiger charge is 2.26. The van der Waals surface area contributed by atoms with Crippen molar-refractivity contribution in [1.82, 2.24) is 20.0 Å². The third-order valence-corrected chi connectivity index (χ3v) is 6.92. The molecule has 2 fully saturated rings. The molecule has 2 rings (SSSR count). The van der Waals surface area contributed by atoms with Gasteiger partial charge in [0.25, 0.3) is 0 Å². The quantitative estimate of drug-likeness (QED) is 0.477. The van der Waals surface area contributed by atoms with Crippen molar-refractivity contribution in [3.8, 4) is 0 Å². The molecule has 6 nitrogen and oxygen atoms in total. The van der Waals surface area contributed by atoms with Crippen LogP contribution in [-0.4, -0.2) is 96.5 Å². The Balaban J connectivity index is 0.00000450. The summed E-state index contributed by atoms with van der Waals surface area (Å²) in [7, 11) is 0. The molecule has 0 aromatic carbocycles. The summed E-state index contributed by atoms with van der Waals surface area (Å²) in [6.07, 6.45) is 4.69. The minimum atomic E-state index is 0. The van der Waals surface area contributed by atoms with E-state index in [4.69, 9.17) is 4.99 Å². The van der Waals surface area contributed by atoms with Gasteiger partial charge in [-0.15, -0.1) is 0 Å². The Labute approximate surface area is 184 Å². The van der Waals surface area contributed by atoms with Crippen molar-refractivity contribution in [2.75, 3.05) is 58.6 Å². The summed E-state index contributed by atoms with van der Waals surface area (Å²) in [5.74, 6) is 0.907. The van der Waals surface area contributed by atoms with Gasteiger partial charge >= 0.3 is 0 Å². The highest BCUT2D eigenvalue weighted by Crippen LogP contribution is 2.17. The Morgan fingerprint density at radius 1 is 1.17 bits per heavy atom. The summed E-state index contributed by atoms with van der Waals surface area (Å²) < 4.78 is 0. The summed E-state index contributed by atoms with van der Waals surface area (Å²) in [6, 6.07) is 0.979. The van der Waals surface area contributed by atoms with Gasteiger partial charge in [-0.1, -0.05) is 46.4 Å². The first-order valence-corrected chi connectivity index (χ1v) is 12.7. The zero-order chi connectivity index (χ0) is 21.4. The van der Waals surface area contributed by atoms with E-state index in [1.807, 2.05) is 18.7 Å². The summed E-state index contributed by atoms with van der Waals surface area (Å²) in [5, 5.41) is 4.80. The highest BCUT2D eigenvalue weighted by atomic mass is 32.2. The van der Waals surface area contributed by atoms with Crippen LogP contribution in [0.25, 0.3) is 0 Å². The number of thioether (sulfide) groups is 1. The van der Waals surface area contributed by atoms with Crippen LogP contribution in [0, 0.1) is 11.8 Å². The molecule has 0 aromatic heterocycles. The average molecular weight is 428 g/mol.